The van der Waals surface area contributed by atoms with Crippen molar-refractivity contribution in [3.63, 3.8) is 0 Å². The second-order valence-electron chi connectivity index (χ2n) is 3.27. The summed E-state index contributed by atoms with van der Waals surface area (Å²) in [5.74, 6) is 6.00. The molecule has 70 valence electrons. The minimum Gasteiger partial charge on any atom is -0.304 e. The smallest absolute Gasteiger partial charge is 0.0101 e. The van der Waals surface area contributed by atoms with E-state index >= 15 is 0 Å². The van der Waals surface area contributed by atoms with Crippen LogP contribution in [0.2, 0.25) is 0 Å². The predicted octanol–water partition coefficient (Wildman–Crippen LogP) is 2.52. The summed E-state index contributed by atoms with van der Waals surface area (Å²) in [6.45, 7) is 7.57. The van der Waals surface area contributed by atoms with Gasteiger partial charge in [0.2, 0.25) is 0 Å². The van der Waals surface area contributed by atoms with Gasteiger partial charge in [-0.2, -0.15) is 0 Å². The maximum absolute atomic E-state index is 3.08. The highest BCUT2D eigenvalue weighted by Gasteiger charge is 2.04. The molecule has 0 aromatic carbocycles. The summed E-state index contributed by atoms with van der Waals surface area (Å²) in [6.07, 6.45) is 3.47. The van der Waals surface area contributed by atoms with Gasteiger partial charge in [-0.25, -0.2) is 0 Å². The Morgan fingerprint density at radius 1 is 1.42 bits per heavy atom. The lowest BCUT2D eigenvalue weighted by molar-refractivity contribution is 0.250. The van der Waals surface area contributed by atoms with Crippen LogP contribution in [0.25, 0.3) is 0 Å². The Kier molecular flexibility index (Phi) is 6.90. The first-order valence-electron chi connectivity index (χ1n) is 4.82. The molecule has 1 atom stereocenters. The van der Waals surface area contributed by atoms with Crippen LogP contribution >= 0.6 is 0 Å². The molecule has 0 bridgehead atoms. The topological polar surface area (TPSA) is 3.24 Å². The van der Waals surface area contributed by atoms with Crippen molar-refractivity contribution in [1.82, 2.24) is 4.90 Å². The van der Waals surface area contributed by atoms with Crippen molar-refractivity contribution in [2.45, 2.75) is 46.1 Å². The van der Waals surface area contributed by atoms with Gasteiger partial charge in [-0.1, -0.05) is 6.92 Å². The summed E-state index contributed by atoms with van der Waals surface area (Å²) in [5, 5.41) is 0. The van der Waals surface area contributed by atoms with Gasteiger partial charge >= 0.3 is 0 Å². The first kappa shape index (κ1) is 11.5. The Morgan fingerprint density at radius 2 is 2.08 bits per heavy atom. The molecule has 1 unspecified atom stereocenters. The lowest BCUT2D eigenvalue weighted by Crippen LogP contribution is -2.29. The van der Waals surface area contributed by atoms with E-state index in [0.717, 1.165) is 6.42 Å². The zero-order valence-electron chi connectivity index (χ0n) is 8.85. The molecule has 0 aliphatic rings. The van der Waals surface area contributed by atoms with Crippen LogP contribution in [0, 0.1) is 11.8 Å². The second-order valence-corrected chi connectivity index (χ2v) is 3.27. The molecule has 0 fully saturated rings. The fraction of sp³-hybridized carbons (Fsp3) is 0.818. The van der Waals surface area contributed by atoms with Gasteiger partial charge in [-0.15, -0.1) is 11.8 Å². The molecule has 0 aliphatic heterocycles. The molecular weight excluding hydrogens is 146 g/mol. The zero-order chi connectivity index (χ0) is 9.40. The van der Waals surface area contributed by atoms with Crippen LogP contribution in [0.5, 0.6) is 0 Å². The van der Waals surface area contributed by atoms with Crippen molar-refractivity contribution in [1.29, 1.82) is 0 Å². The minimum absolute atomic E-state index is 0.708. The van der Waals surface area contributed by atoms with Gasteiger partial charge in [0.25, 0.3) is 0 Å². The third-order valence-electron chi connectivity index (χ3n) is 2.33. The molecule has 0 spiro atoms. The van der Waals surface area contributed by atoms with Crippen LogP contribution in [0.3, 0.4) is 0 Å². The highest BCUT2D eigenvalue weighted by molar-refractivity contribution is 4.94. The third-order valence-corrected chi connectivity index (χ3v) is 2.33. The van der Waals surface area contributed by atoms with Gasteiger partial charge in [0.15, 0.2) is 0 Å². The number of hydrogen-bond acceptors (Lipinski definition) is 1. The number of rotatable bonds is 5. The van der Waals surface area contributed by atoms with E-state index in [-0.39, 0.29) is 0 Å². The van der Waals surface area contributed by atoms with E-state index in [2.05, 4.69) is 37.6 Å². The Bertz CT molecular complexity index is 152. The molecule has 1 heteroatoms. The van der Waals surface area contributed by atoms with E-state index in [9.17, 15) is 0 Å². The highest BCUT2D eigenvalue weighted by atomic mass is 15.1. The fourth-order valence-corrected chi connectivity index (χ4v) is 1.07. The van der Waals surface area contributed by atoms with Crippen LogP contribution in [0.15, 0.2) is 0 Å². The van der Waals surface area contributed by atoms with Crippen molar-refractivity contribution >= 4 is 0 Å². The van der Waals surface area contributed by atoms with Crippen LogP contribution < -0.4 is 0 Å². The molecule has 0 saturated carbocycles. The molecule has 0 heterocycles. The van der Waals surface area contributed by atoms with E-state index in [1.54, 1.807) is 0 Å². The standard InChI is InChI=1S/C11H21N/c1-5-7-8-9-10-12(4)11(3)6-2/h11H,6,8-10H2,1-4H3. The SMILES string of the molecule is CC#CCCCN(C)C(C)CC. The Morgan fingerprint density at radius 3 is 2.58 bits per heavy atom. The molecule has 0 rings (SSSR count). The highest BCUT2D eigenvalue weighted by Crippen LogP contribution is 2.01. The van der Waals surface area contributed by atoms with E-state index in [0.29, 0.717) is 6.04 Å². The first-order chi connectivity index (χ1) is 5.72. The molecule has 0 aliphatic carbocycles. The molecule has 1 nitrogen and oxygen atoms in total. The van der Waals surface area contributed by atoms with Crippen LogP contribution in [0.4, 0.5) is 0 Å². The monoisotopic (exact) mass is 167 g/mol. The van der Waals surface area contributed by atoms with Crippen molar-refractivity contribution in [2.75, 3.05) is 13.6 Å². The van der Waals surface area contributed by atoms with E-state index < -0.39 is 0 Å². The van der Waals surface area contributed by atoms with Crippen LogP contribution in [-0.2, 0) is 0 Å². The van der Waals surface area contributed by atoms with Gasteiger partial charge in [-0.05, 0) is 40.3 Å². The van der Waals surface area contributed by atoms with E-state index in [1.165, 1.54) is 19.4 Å². The third kappa shape index (κ3) is 5.21. The summed E-state index contributed by atoms with van der Waals surface area (Å²) >= 11 is 0. The van der Waals surface area contributed by atoms with Crippen molar-refractivity contribution < 1.29 is 0 Å². The Labute approximate surface area is 77.1 Å². The van der Waals surface area contributed by atoms with Gasteiger partial charge in [0.05, 0.1) is 0 Å². The van der Waals surface area contributed by atoms with E-state index in [1.807, 2.05) is 6.92 Å². The van der Waals surface area contributed by atoms with Gasteiger partial charge in [0, 0.05) is 12.5 Å². The molecule has 0 aromatic rings. The second kappa shape index (κ2) is 7.18. The van der Waals surface area contributed by atoms with Crippen molar-refractivity contribution in [3.05, 3.63) is 0 Å². The molecule has 0 aromatic heterocycles. The summed E-state index contributed by atoms with van der Waals surface area (Å²) in [5.41, 5.74) is 0. The molecule has 12 heavy (non-hydrogen) atoms. The maximum atomic E-state index is 3.08. The van der Waals surface area contributed by atoms with Gasteiger partial charge in [0.1, 0.15) is 0 Å². The largest absolute Gasteiger partial charge is 0.304 e. The summed E-state index contributed by atoms with van der Waals surface area (Å²) < 4.78 is 0. The summed E-state index contributed by atoms with van der Waals surface area (Å²) in [7, 11) is 2.19. The molecule has 0 saturated heterocycles. The minimum atomic E-state index is 0.708. The Balaban J connectivity index is 3.40. The van der Waals surface area contributed by atoms with Gasteiger partial charge < -0.3 is 4.90 Å². The Hall–Kier alpha value is -0.480. The van der Waals surface area contributed by atoms with Gasteiger partial charge in [-0.3, -0.25) is 0 Å². The summed E-state index contributed by atoms with van der Waals surface area (Å²) in [4.78, 5) is 2.40. The lowest BCUT2D eigenvalue weighted by atomic mass is 10.2. The fourth-order valence-electron chi connectivity index (χ4n) is 1.07. The van der Waals surface area contributed by atoms with Crippen molar-refractivity contribution in [3.8, 4) is 11.8 Å². The number of unbranched alkanes of at least 4 members (excludes halogenated alkanes) is 1. The van der Waals surface area contributed by atoms with E-state index in [4.69, 9.17) is 0 Å². The lowest BCUT2D eigenvalue weighted by Gasteiger charge is -2.22. The van der Waals surface area contributed by atoms with Crippen LogP contribution in [-0.4, -0.2) is 24.5 Å². The van der Waals surface area contributed by atoms with Crippen LogP contribution in [0.1, 0.15) is 40.0 Å². The average Bonchev–Trinajstić information content (AvgIpc) is 2.10. The molecule has 0 N–H and O–H groups in total. The van der Waals surface area contributed by atoms with Crippen molar-refractivity contribution in [2.24, 2.45) is 0 Å². The average molecular weight is 167 g/mol. The zero-order valence-corrected chi connectivity index (χ0v) is 8.85. The maximum Gasteiger partial charge on any atom is 0.0101 e. The molecule has 0 amide bonds. The number of nitrogens with zero attached hydrogens (tertiary/aromatic N) is 1. The first-order valence-corrected chi connectivity index (χ1v) is 4.82. The summed E-state index contributed by atoms with van der Waals surface area (Å²) in [6, 6.07) is 0.708. The molecule has 0 radical (unpaired) electrons. The normalized spacial score (nSPS) is 12.4. The predicted molar refractivity (Wildman–Crippen MR) is 55.1 cm³/mol. The quantitative estimate of drug-likeness (QED) is 0.449. The number of hydrogen-bond donors (Lipinski definition) is 0. The molecular formula is C11H21N.